The number of aryl methyl sites for hydroxylation is 1. The van der Waals surface area contributed by atoms with Gasteiger partial charge >= 0.3 is 0 Å². The van der Waals surface area contributed by atoms with Crippen LogP contribution in [0.4, 0.5) is 0 Å². The molecule has 1 aromatic carbocycles. The Balaban J connectivity index is 1.61. The summed E-state index contributed by atoms with van der Waals surface area (Å²) in [6, 6.07) is 9.30. The number of nitrogens with zero attached hydrogens (tertiary/aromatic N) is 2. The lowest BCUT2D eigenvalue weighted by atomic mass is 10.2. The summed E-state index contributed by atoms with van der Waals surface area (Å²) in [7, 11) is 0. The second kappa shape index (κ2) is 5.42. The molecule has 3 aromatic rings. The molecule has 6 heteroatoms. The number of rotatable bonds is 4. The van der Waals surface area contributed by atoms with Crippen molar-refractivity contribution in [3.05, 3.63) is 46.1 Å². The van der Waals surface area contributed by atoms with E-state index >= 15 is 0 Å². The third kappa shape index (κ3) is 2.70. The predicted molar refractivity (Wildman–Crippen MR) is 76.9 cm³/mol. The topological polar surface area (TPSA) is 68.0 Å². The SMILES string of the molecule is Cc1nnc(CCNC(=O)c2cc3ccccc3o2)s1. The minimum atomic E-state index is -0.206. The lowest BCUT2D eigenvalue weighted by molar-refractivity contribution is 0.0928. The van der Waals surface area contributed by atoms with E-state index in [-0.39, 0.29) is 5.91 Å². The van der Waals surface area contributed by atoms with Gasteiger partial charge in [-0.2, -0.15) is 0 Å². The third-order valence-corrected chi connectivity index (χ3v) is 3.74. The van der Waals surface area contributed by atoms with Gasteiger partial charge in [0.25, 0.3) is 5.91 Å². The van der Waals surface area contributed by atoms with E-state index in [0.717, 1.165) is 21.0 Å². The lowest BCUT2D eigenvalue weighted by Gasteiger charge is -2.00. The van der Waals surface area contributed by atoms with Crippen LogP contribution in [-0.2, 0) is 6.42 Å². The Bertz CT molecular complexity index is 715. The van der Waals surface area contributed by atoms with Gasteiger partial charge in [-0.1, -0.05) is 18.2 Å². The average Bonchev–Trinajstić information content (AvgIpc) is 3.04. The first kappa shape index (κ1) is 12.8. The number of amides is 1. The van der Waals surface area contributed by atoms with Crippen LogP contribution in [0.3, 0.4) is 0 Å². The fourth-order valence-corrected chi connectivity index (χ4v) is 2.61. The zero-order valence-corrected chi connectivity index (χ0v) is 11.7. The molecule has 1 N–H and O–H groups in total. The first-order valence-corrected chi connectivity index (χ1v) is 7.10. The van der Waals surface area contributed by atoms with Crippen LogP contribution in [0, 0.1) is 6.92 Å². The Morgan fingerprint density at radius 1 is 1.35 bits per heavy atom. The van der Waals surface area contributed by atoms with Crippen molar-refractivity contribution in [2.75, 3.05) is 6.54 Å². The van der Waals surface area contributed by atoms with Crippen molar-refractivity contribution < 1.29 is 9.21 Å². The molecule has 5 nitrogen and oxygen atoms in total. The minimum absolute atomic E-state index is 0.206. The quantitative estimate of drug-likeness (QED) is 0.800. The number of hydrogen-bond acceptors (Lipinski definition) is 5. The first-order chi connectivity index (χ1) is 9.72. The molecule has 0 spiro atoms. The molecule has 0 atom stereocenters. The van der Waals surface area contributed by atoms with Crippen molar-refractivity contribution >= 4 is 28.2 Å². The normalized spacial score (nSPS) is 10.8. The summed E-state index contributed by atoms with van der Waals surface area (Å²) in [5, 5.41) is 13.6. The van der Waals surface area contributed by atoms with Crippen LogP contribution in [0.5, 0.6) is 0 Å². The van der Waals surface area contributed by atoms with Crippen LogP contribution in [0.1, 0.15) is 20.6 Å². The highest BCUT2D eigenvalue weighted by Crippen LogP contribution is 2.18. The van der Waals surface area contributed by atoms with E-state index in [1.54, 1.807) is 17.4 Å². The molecule has 0 radical (unpaired) electrons. The molecule has 2 heterocycles. The van der Waals surface area contributed by atoms with E-state index in [1.807, 2.05) is 31.2 Å². The van der Waals surface area contributed by atoms with E-state index < -0.39 is 0 Å². The number of hydrogen-bond donors (Lipinski definition) is 1. The Labute approximate surface area is 119 Å². The van der Waals surface area contributed by atoms with Gasteiger partial charge in [-0.05, 0) is 19.1 Å². The molecule has 3 rings (SSSR count). The van der Waals surface area contributed by atoms with Gasteiger partial charge in [0.1, 0.15) is 15.6 Å². The molecule has 0 saturated heterocycles. The van der Waals surface area contributed by atoms with Crippen LogP contribution < -0.4 is 5.32 Å². The number of nitrogens with one attached hydrogen (secondary N) is 1. The molecule has 0 bridgehead atoms. The summed E-state index contributed by atoms with van der Waals surface area (Å²) in [4.78, 5) is 12.0. The summed E-state index contributed by atoms with van der Waals surface area (Å²) in [6.45, 7) is 2.43. The Morgan fingerprint density at radius 3 is 2.95 bits per heavy atom. The highest BCUT2D eigenvalue weighted by Gasteiger charge is 2.11. The fourth-order valence-electron chi connectivity index (χ4n) is 1.90. The van der Waals surface area contributed by atoms with Crippen molar-refractivity contribution in [3.63, 3.8) is 0 Å². The smallest absolute Gasteiger partial charge is 0.287 e. The molecular formula is C14H13N3O2S. The van der Waals surface area contributed by atoms with Crippen molar-refractivity contribution in [1.29, 1.82) is 0 Å². The number of carbonyl (C=O) groups excluding carboxylic acids is 1. The number of furan rings is 1. The Kier molecular flexibility index (Phi) is 3.47. The molecule has 1 amide bonds. The summed E-state index contributed by atoms with van der Waals surface area (Å²) in [6.07, 6.45) is 0.678. The number of para-hydroxylation sites is 1. The summed E-state index contributed by atoms with van der Waals surface area (Å²) >= 11 is 1.54. The molecule has 102 valence electrons. The van der Waals surface area contributed by atoms with Crippen molar-refractivity contribution in [2.45, 2.75) is 13.3 Å². The van der Waals surface area contributed by atoms with Gasteiger partial charge in [0, 0.05) is 18.4 Å². The molecular weight excluding hydrogens is 274 g/mol. The molecule has 20 heavy (non-hydrogen) atoms. The zero-order valence-electron chi connectivity index (χ0n) is 10.9. The van der Waals surface area contributed by atoms with Crippen LogP contribution >= 0.6 is 11.3 Å². The van der Waals surface area contributed by atoms with E-state index in [1.165, 1.54) is 0 Å². The second-order valence-corrected chi connectivity index (χ2v) is 5.64. The largest absolute Gasteiger partial charge is 0.451 e. The molecule has 0 unspecified atom stereocenters. The van der Waals surface area contributed by atoms with Crippen molar-refractivity contribution in [3.8, 4) is 0 Å². The van der Waals surface area contributed by atoms with Gasteiger partial charge in [0.05, 0.1) is 0 Å². The molecule has 0 saturated carbocycles. The summed E-state index contributed by atoms with van der Waals surface area (Å²) in [5.41, 5.74) is 0.720. The average molecular weight is 287 g/mol. The standard InChI is InChI=1S/C14H13N3O2S/c1-9-16-17-13(20-9)6-7-15-14(18)12-8-10-4-2-3-5-11(10)19-12/h2-5,8H,6-7H2,1H3,(H,15,18). The highest BCUT2D eigenvalue weighted by molar-refractivity contribution is 7.11. The van der Waals surface area contributed by atoms with E-state index in [4.69, 9.17) is 4.42 Å². The Morgan fingerprint density at radius 2 is 2.20 bits per heavy atom. The molecule has 0 aliphatic rings. The monoisotopic (exact) mass is 287 g/mol. The second-order valence-electron chi connectivity index (χ2n) is 4.37. The number of aromatic nitrogens is 2. The number of carbonyl (C=O) groups is 1. The maximum absolute atomic E-state index is 12.0. The van der Waals surface area contributed by atoms with Crippen molar-refractivity contribution in [2.24, 2.45) is 0 Å². The van der Waals surface area contributed by atoms with Gasteiger partial charge in [-0.3, -0.25) is 4.79 Å². The molecule has 0 fully saturated rings. The fraction of sp³-hybridized carbons (Fsp3) is 0.214. The van der Waals surface area contributed by atoms with E-state index in [9.17, 15) is 4.79 Å². The van der Waals surface area contributed by atoms with Gasteiger partial charge in [0.15, 0.2) is 5.76 Å². The third-order valence-electron chi connectivity index (χ3n) is 2.84. The van der Waals surface area contributed by atoms with Crippen LogP contribution in [-0.4, -0.2) is 22.6 Å². The first-order valence-electron chi connectivity index (χ1n) is 6.28. The number of benzene rings is 1. The van der Waals surface area contributed by atoms with E-state index in [0.29, 0.717) is 18.7 Å². The molecule has 2 aromatic heterocycles. The maximum Gasteiger partial charge on any atom is 0.287 e. The Hall–Kier alpha value is -2.21. The van der Waals surface area contributed by atoms with E-state index in [2.05, 4.69) is 15.5 Å². The number of fused-ring (bicyclic) bond motifs is 1. The highest BCUT2D eigenvalue weighted by atomic mass is 32.1. The van der Waals surface area contributed by atoms with Crippen molar-refractivity contribution in [1.82, 2.24) is 15.5 Å². The van der Waals surface area contributed by atoms with Crippen LogP contribution in [0.2, 0.25) is 0 Å². The summed E-state index contributed by atoms with van der Waals surface area (Å²) < 4.78 is 5.50. The lowest BCUT2D eigenvalue weighted by Crippen LogP contribution is -2.25. The van der Waals surface area contributed by atoms with Gasteiger partial charge < -0.3 is 9.73 Å². The van der Waals surface area contributed by atoms with Gasteiger partial charge in [0.2, 0.25) is 0 Å². The van der Waals surface area contributed by atoms with Crippen LogP contribution in [0.15, 0.2) is 34.7 Å². The van der Waals surface area contributed by atoms with Crippen LogP contribution in [0.25, 0.3) is 11.0 Å². The zero-order chi connectivity index (χ0) is 13.9. The van der Waals surface area contributed by atoms with Gasteiger partial charge in [-0.25, -0.2) is 0 Å². The van der Waals surface area contributed by atoms with Gasteiger partial charge in [-0.15, -0.1) is 21.5 Å². The molecule has 0 aliphatic carbocycles. The minimum Gasteiger partial charge on any atom is -0.451 e. The molecule has 0 aliphatic heterocycles. The predicted octanol–water partition coefficient (Wildman–Crippen LogP) is 2.57. The summed E-state index contributed by atoms with van der Waals surface area (Å²) in [5.74, 6) is 0.127. The maximum atomic E-state index is 12.0.